The van der Waals surface area contributed by atoms with Crippen LogP contribution in [0.4, 0.5) is 5.82 Å². The van der Waals surface area contributed by atoms with Gasteiger partial charge in [0.2, 0.25) is 5.91 Å². The van der Waals surface area contributed by atoms with Gasteiger partial charge in [-0.2, -0.15) is 0 Å². The van der Waals surface area contributed by atoms with Crippen molar-refractivity contribution in [3.8, 4) is 5.75 Å². The molecule has 1 amide bonds. The molecule has 0 radical (unpaired) electrons. The van der Waals surface area contributed by atoms with Gasteiger partial charge in [0.1, 0.15) is 11.6 Å². The molecular weight excluding hydrogens is 360 g/mol. The number of piperidine rings is 1. The predicted octanol–water partition coefficient (Wildman–Crippen LogP) is 0.625. The Balaban J connectivity index is 1.68. The van der Waals surface area contributed by atoms with Gasteiger partial charge < -0.3 is 15.0 Å². The lowest BCUT2D eigenvalue weighted by Crippen LogP contribution is -2.46. The van der Waals surface area contributed by atoms with E-state index < -0.39 is 0 Å². The van der Waals surface area contributed by atoms with Crippen LogP contribution < -0.4 is 26.2 Å². The van der Waals surface area contributed by atoms with Crippen molar-refractivity contribution in [2.24, 2.45) is 20.0 Å². The molecule has 1 aliphatic rings. The number of anilines is 1. The molecule has 0 saturated carbocycles. The quantitative estimate of drug-likeness (QED) is 0.815. The summed E-state index contributed by atoms with van der Waals surface area (Å²) in [5, 5.41) is 2.98. The first-order chi connectivity index (χ1) is 13.4. The molecule has 1 N–H and O–H groups in total. The average Bonchev–Trinajstić information content (AvgIpc) is 2.73. The molecule has 150 valence electrons. The number of nitrogens with zero attached hydrogens (tertiary/aromatic N) is 3. The molecule has 8 nitrogen and oxygen atoms in total. The molecule has 1 atom stereocenters. The zero-order chi connectivity index (χ0) is 20.3. The highest BCUT2D eigenvalue weighted by atomic mass is 16.5. The van der Waals surface area contributed by atoms with E-state index in [0.717, 1.165) is 28.7 Å². The summed E-state index contributed by atoms with van der Waals surface area (Å²) in [4.78, 5) is 38.8. The maximum Gasteiger partial charge on any atom is 0.332 e. The fraction of sp³-hybridized carbons (Fsp3) is 0.450. The summed E-state index contributed by atoms with van der Waals surface area (Å²) in [6, 6.07) is 9.03. The van der Waals surface area contributed by atoms with Crippen molar-refractivity contribution in [2.45, 2.75) is 19.4 Å². The number of hydrogen-bond acceptors (Lipinski definition) is 5. The lowest BCUT2D eigenvalue weighted by Gasteiger charge is -2.34. The van der Waals surface area contributed by atoms with E-state index >= 15 is 0 Å². The van der Waals surface area contributed by atoms with E-state index in [1.54, 1.807) is 14.2 Å². The first-order valence-electron chi connectivity index (χ1n) is 9.33. The number of nitrogens with one attached hydrogen (secondary N) is 1. The van der Waals surface area contributed by atoms with Gasteiger partial charge in [0, 0.05) is 39.8 Å². The third kappa shape index (κ3) is 4.11. The zero-order valence-electron chi connectivity index (χ0n) is 16.5. The summed E-state index contributed by atoms with van der Waals surface area (Å²) in [7, 11) is 4.71. The fourth-order valence-corrected chi connectivity index (χ4v) is 3.54. The van der Waals surface area contributed by atoms with Crippen LogP contribution in [0.5, 0.6) is 5.75 Å². The van der Waals surface area contributed by atoms with Gasteiger partial charge in [-0.05, 0) is 30.5 Å². The molecule has 3 rings (SSSR count). The molecule has 1 saturated heterocycles. The molecular formula is C20H26N4O4. The van der Waals surface area contributed by atoms with E-state index in [4.69, 9.17) is 4.74 Å². The van der Waals surface area contributed by atoms with Crippen molar-refractivity contribution in [3.05, 3.63) is 56.7 Å². The molecule has 0 unspecified atom stereocenters. The summed E-state index contributed by atoms with van der Waals surface area (Å²) in [6.45, 7) is 1.61. The molecule has 2 aromatic rings. The minimum absolute atomic E-state index is 0.0265. The number of hydrogen-bond donors (Lipinski definition) is 1. The average molecular weight is 386 g/mol. The summed E-state index contributed by atoms with van der Waals surface area (Å²) in [6.07, 6.45) is 1.60. The molecule has 2 heterocycles. The van der Waals surface area contributed by atoms with Crippen molar-refractivity contribution >= 4 is 11.7 Å². The van der Waals surface area contributed by atoms with Gasteiger partial charge in [-0.1, -0.05) is 12.1 Å². The number of carbonyl (C=O) groups is 1. The van der Waals surface area contributed by atoms with Crippen molar-refractivity contribution in [1.29, 1.82) is 0 Å². The van der Waals surface area contributed by atoms with Crippen LogP contribution in [0, 0.1) is 5.92 Å². The first-order valence-corrected chi connectivity index (χ1v) is 9.33. The third-order valence-electron chi connectivity index (χ3n) is 5.22. The van der Waals surface area contributed by atoms with Gasteiger partial charge in [0.05, 0.1) is 13.0 Å². The van der Waals surface area contributed by atoms with Gasteiger partial charge in [0.25, 0.3) is 5.56 Å². The van der Waals surface area contributed by atoms with Gasteiger partial charge in [0.15, 0.2) is 0 Å². The van der Waals surface area contributed by atoms with E-state index in [2.05, 4.69) is 5.32 Å². The minimum atomic E-state index is -0.368. The number of aromatic nitrogens is 2. The second-order valence-corrected chi connectivity index (χ2v) is 7.10. The maximum absolute atomic E-state index is 12.7. The Hall–Kier alpha value is -3.03. The largest absolute Gasteiger partial charge is 0.497 e. The molecule has 0 aliphatic carbocycles. The molecule has 1 aromatic heterocycles. The summed E-state index contributed by atoms with van der Waals surface area (Å²) in [5.41, 5.74) is 0.254. The first kappa shape index (κ1) is 19.7. The van der Waals surface area contributed by atoms with Crippen molar-refractivity contribution in [3.63, 3.8) is 0 Å². The van der Waals surface area contributed by atoms with E-state index in [1.165, 1.54) is 17.7 Å². The summed E-state index contributed by atoms with van der Waals surface area (Å²) < 4.78 is 7.74. The zero-order valence-corrected chi connectivity index (χ0v) is 16.5. The third-order valence-corrected chi connectivity index (χ3v) is 5.22. The Bertz CT molecular complexity index is 979. The summed E-state index contributed by atoms with van der Waals surface area (Å²) in [5.74, 6) is 1.08. The highest BCUT2D eigenvalue weighted by Gasteiger charge is 2.27. The monoisotopic (exact) mass is 386 g/mol. The minimum Gasteiger partial charge on any atom is -0.497 e. The van der Waals surface area contributed by atoms with Crippen LogP contribution in [0.25, 0.3) is 0 Å². The fourth-order valence-electron chi connectivity index (χ4n) is 3.54. The van der Waals surface area contributed by atoms with Crippen molar-refractivity contribution < 1.29 is 9.53 Å². The number of rotatable bonds is 5. The molecule has 8 heteroatoms. The number of benzene rings is 1. The maximum atomic E-state index is 12.7. The molecule has 0 spiro atoms. The lowest BCUT2D eigenvalue weighted by molar-refractivity contribution is -0.125. The highest BCUT2D eigenvalue weighted by Crippen LogP contribution is 2.21. The van der Waals surface area contributed by atoms with Crippen LogP contribution >= 0.6 is 0 Å². The predicted molar refractivity (Wildman–Crippen MR) is 107 cm³/mol. The van der Waals surface area contributed by atoms with Gasteiger partial charge >= 0.3 is 5.69 Å². The van der Waals surface area contributed by atoms with Crippen LogP contribution in [-0.4, -0.2) is 35.2 Å². The van der Waals surface area contributed by atoms with Crippen LogP contribution in [0.3, 0.4) is 0 Å². The van der Waals surface area contributed by atoms with Crippen LogP contribution in [0.1, 0.15) is 18.4 Å². The molecule has 1 aromatic carbocycles. The standard InChI is InChI=1S/C20H26N4O4/c1-22-17(11-18(25)23(2)20(22)27)24-9-5-7-15(13-24)19(26)21-12-14-6-4-8-16(10-14)28-3/h4,6,8,10-11,15H,5,7,9,12-13H2,1-3H3,(H,21,26)/t15-/m1/s1. The van der Waals surface area contributed by atoms with Crippen LogP contribution in [0.15, 0.2) is 39.9 Å². The molecule has 0 bridgehead atoms. The lowest BCUT2D eigenvalue weighted by atomic mass is 9.97. The Morgan fingerprint density at radius 3 is 2.75 bits per heavy atom. The normalized spacial score (nSPS) is 16.7. The number of amides is 1. The van der Waals surface area contributed by atoms with Gasteiger partial charge in [-0.25, -0.2) is 4.79 Å². The topological polar surface area (TPSA) is 85.6 Å². The Labute approximate surface area is 163 Å². The van der Waals surface area contributed by atoms with Crippen molar-refractivity contribution in [2.75, 3.05) is 25.1 Å². The van der Waals surface area contributed by atoms with E-state index in [9.17, 15) is 14.4 Å². The molecule has 28 heavy (non-hydrogen) atoms. The molecule has 1 fully saturated rings. The summed E-state index contributed by atoms with van der Waals surface area (Å²) >= 11 is 0. The van der Waals surface area contributed by atoms with E-state index in [1.807, 2.05) is 29.2 Å². The van der Waals surface area contributed by atoms with Crippen LogP contribution in [-0.2, 0) is 25.4 Å². The Kier molecular flexibility index (Phi) is 5.87. The van der Waals surface area contributed by atoms with Crippen LogP contribution in [0.2, 0.25) is 0 Å². The van der Waals surface area contributed by atoms with Gasteiger partial charge in [-0.3, -0.25) is 18.7 Å². The van der Waals surface area contributed by atoms with E-state index in [-0.39, 0.29) is 23.1 Å². The van der Waals surface area contributed by atoms with Gasteiger partial charge in [-0.15, -0.1) is 0 Å². The second-order valence-electron chi connectivity index (χ2n) is 7.10. The SMILES string of the molecule is COc1cccc(CNC(=O)[C@@H]2CCCN(c3cc(=O)n(C)c(=O)n3C)C2)c1. The highest BCUT2D eigenvalue weighted by molar-refractivity contribution is 5.79. The number of carbonyl (C=O) groups excluding carboxylic acids is 1. The van der Waals surface area contributed by atoms with Crippen molar-refractivity contribution in [1.82, 2.24) is 14.5 Å². The molecule has 1 aliphatic heterocycles. The Morgan fingerprint density at radius 2 is 2.00 bits per heavy atom. The van der Waals surface area contributed by atoms with E-state index in [0.29, 0.717) is 25.5 Å². The number of ether oxygens (including phenoxy) is 1. The Morgan fingerprint density at radius 1 is 1.21 bits per heavy atom. The smallest absolute Gasteiger partial charge is 0.332 e. The second kappa shape index (κ2) is 8.33. The number of methoxy groups -OCH3 is 1.